The van der Waals surface area contributed by atoms with Crippen molar-refractivity contribution in [2.75, 3.05) is 13.7 Å². The number of carbonyl (C=O) groups excluding carboxylic acids is 4. The van der Waals surface area contributed by atoms with Crippen molar-refractivity contribution in [2.24, 2.45) is 0 Å². The molecule has 1 heterocycles. The number of ether oxygens (including phenoxy) is 2. The summed E-state index contributed by atoms with van der Waals surface area (Å²) in [4.78, 5) is 48.9. The standard InChI is InChI=1S/C19H22N2O7/c1-27-17(24)10-21-16(23)9-13(19(21)26)20-18(25)11-6-7-14(22)15(8-11)28-12-4-2-3-5-12/h6-8,12-13,22H,2-5,9-10H2,1H3,(H,20,25)/t13-/m0/s1. The average Bonchev–Trinajstić information content (AvgIpc) is 3.27. The summed E-state index contributed by atoms with van der Waals surface area (Å²) in [6.45, 7) is -0.487. The normalized spacial score (nSPS) is 19.8. The molecule has 3 amide bonds. The van der Waals surface area contributed by atoms with E-state index in [9.17, 15) is 24.3 Å². The van der Waals surface area contributed by atoms with Gasteiger partial charge in [-0.15, -0.1) is 0 Å². The highest BCUT2D eigenvalue weighted by molar-refractivity contribution is 6.09. The lowest BCUT2D eigenvalue weighted by molar-refractivity contribution is -0.150. The first-order chi connectivity index (χ1) is 13.4. The molecule has 0 unspecified atom stereocenters. The fraction of sp³-hybridized carbons (Fsp3) is 0.474. The number of likely N-dealkylation sites (tertiary alicyclic amines) is 1. The van der Waals surface area contributed by atoms with Crippen molar-refractivity contribution in [3.63, 3.8) is 0 Å². The van der Waals surface area contributed by atoms with E-state index < -0.39 is 36.3 Å². The van der Waals surface area contributed by atoms with Crippen LogP contribution in [0.1, 0.15) is 42.5 Å². The van der Waals surface area contributed by atoms with E-state index in [0.717, 1.165) is 37.7 Å². The summed E-state index contributed by atoms with van der Waals surface area (Å²) in [5.74, 6) is -2.38. The molecule has 150 valence electrons. The second-order valence-electron chi connectivity index (χ2n) is 6.83. The molecule has 0 radical (unpaired) electrons. The van der Waals surface area contributed by atoms with E-state index in [-0.39, 0.29) is 29.6 Å². The molecule has 1 atom stereocenters. The molecule has 1 aromatic carbocycles. The molecular weight excluding hydrogens is 368 g/mol. The molecular formula is C19H22N2O7. The van der Waals surface area contributed by atoms with Gasteiger partial charge in [0.05, 0.1) is 19.6 Å². The Kier molecular flexibility index (Phi) is 5.81. The van der Waals surface area contributed by atoms with Gasteiger partial charge >= 0.3 is 5.97 Å². The highest BCUT2D eigenvalue weighted by Crippen LogP contribution is 2.31. The third kappa shape index (κ3) is 4.24. The largest absolute Gasteiger partial charge is 0.504 e. The molecule has 2 fully saturated rings. The molecule has 1 aromatic rings. The van der Waals surface area contributed by atoms with E-state index >= 15 is 0 Å². The molecule has 1 aliphatic carbocycles. The zero-order chi connectivity index (χ0) is 20.3. The highest BCUT2D eigenvalue weighted by Gasteiger charge is 2.40. The Hall–Kier alpha value is -3.10. The fourth-order valence-electron chi connectivity index (χ4n) is 3.33. The monoisotopic (exact) mass is 390 g/mol. The van der Waals surface area contributed by atoms with Gasteiger partial charge in [0.1, 0.15) is 12.6 Å². The summed E-state index contributed by atoms with van der Waals surface area (Å²) < 4.78 is 10.2. The van der Waals surface area contributed by atoms with Gasteiger partial charge in [0.15, 0.2) is 11.5 Å². The van der Waals surface area contributed by atoms with Gasteiger partial charge in [-0.1, -0.05) is 0 Å². The maximum absolute atomic E-state index is 12.5. The molecule has 1 saturated heterocycles. The summed E-state index contributed by atoms with van der Waals surface area (Å²) in [7, 11) is 1.16. The minimum atomic E-state index is -1.06. The van der Waals surface area contributed by atoms with Gasteiger partial charge in [0.2, 0.25) is 5.91 Å². The molecule has 0 bridgehead atoms. The number of hydrogen-bond acceptors (Lipinski definition) is 7. The minimum absolute atomic E-state index is 0.00474. The number of phenolic OH excluding ortho intramolecular Hbond substituents is 1. The van der Waals surface area contributed by atoms with Crippen LogP contribution in [0.2, 0.25) is 0 Å². The molecule has 2 aliphatic rings. The molecule has 28 heavy (non-hydrogen) atoms. The molecule has 0 aromatic heterocycles. The lowest BCUT2D eigenvalue weighted by Gasteiger charge is -2.16. The summed E-state index contributed by atoms with van der Waals surface area (Å²) in [5.41, 5.74) is 0.192. The van der Waals surface area contributed by atoms with Crippen molar-refractivity contribution >= 4 is 23.7 Å². The van der Waals surface area contributed by atoms with Gasteiger partial charge in [-0.25, -0.2) is 0 Å². The Morgan fingerprint density at radius 3 is 2.64 bits per heavy atom. The Bertz CT molecular complexity index is 801. The zero-order valence-corrected chi connectivity index (χ0v) is 15.5. The zero-order valence-electron chi connectivity index (χ0n) is 15.5. The van der Waals surface area contributed by atoms with Crippen LogP contribution < -0.4 is 10.1 Å². The third-order valence-electron chi connectivity index (χ3n) is 4.88. The van der Waals surface area contributed by atoms with Gasteiger partial charge in [-0.05, 0) is 43.9 Å². The number of amides is 3. The first-order valence-electron chi connectivity index (χ1n) is 9.10. The number of carbonyl (C=O) groups is 4. The van der Waals surface area contributed by atoms with Gasteiger partial charge in [0.25, 0.3) is 11.8 Å². The Morgan fingerprint density at radius 2 is 1.96 bits per heavy atom. The average molecular weight is 390 g/mol. The molecule has 3 rings (SSSR count). The van der Waals surface area contributed by atoms with Crippen LogP contribution in [0.25, 0.3) is 0 Å². The molecule has 2 N–H and O–H groups in total. The number of methoxy groups -OCH3 is 1. The number of nitrogens with one attached hydrogen (secondary N) is 1. The molecule has 1 aliphatic heterocycles. The van der Waals surface area contributed by atoms with E-state index in [1.165, 1.54) is 18.2 Å². The quantitative estimate of drug-likeness (QED) is 0.543. The second-order valence-corrected chi connectivity index (χ2v) is 6.83. The van der Waals surface area contributed by atoms with Crippen LogP contribution in [-0.2, 0) is 19.1 Å². The summed E-state index contributed by atoms with van der Waals surface area (Å²) in [5, 5.41) is 12.5. The first-order valence-corrected chi connectivity index (χ1v) is 9.10. The van der Waals surface area contributed by atoms with Crippen LogP contribution in [0.3, 0.4) is 0 Å². The number of imide groups is 1. The van der Waals surface area contributed by atoms with Crippen LogP contribution in [0, 0.1) is 0 Å². The van der Waals surface area contributed by atoms with Crippen molar-refractivity contribution in [1.29, 1.82) is 0 Å². The number of esters is 1. The molecule has 0 spiro atoms. The van der Waals surface area contributed by atoms with Gasteiger partial charge < -0.3 is 19.9 Å². The maximum atomic E-state index is 12.5. The van der Waals surface area contributed by atoms with Crippen molar-refractivity contribution in [2.45, 2.75) is 44.2 Å². The maximum Gasteiger partial charge on any atom is 0.325 e. The van der Waals surface area contributed by atoms with Gasteiger partial charge in [-0.3, -0.25) is 24.1 Å². The number of phenols is 1. The topological polar surface area (TPSA) is 122 Å². The van der Waals surface area contributed by atoms with Crippen LogP contribution in [0.15, 0.2) is 18.2 Å². The van der Waals surface area contributed by atoms with Crippen LogP contribution in [0.5, 0.6) is 11.5 Å². The van der Waals surface area contributed by atoms with E-state index in [1.54, 1.807) is 0 Å². The highest BCUT2D eigenvalue weighted by atomic mass is 16.5. The number of nitrogens with zero attached hydrogens (tertiary/aromatic N) is 1. The number of benzene rings is 1. The molecule has 9 nitrogen and oxygen atoms in total. The predicted molar refractivity (Wildman–Crippen MR) is 95.6 cm³/mol. The smallest absolute Gasteiger partial charge is 0.325 e. The van der Waals surface area contributed by atoms with E-state index in [4.69, 9.17) is 4.74 Å². The van der Waals surface area contributed by atoms with Crippen LogP contribution in [-0.4, -0.2) is 59.5 Å². The van der Waals surface area contributed by atoms with Crippen molar-refractivity contribution in [3.05, 3.63) is 23.8 Å². The third-order valence-corrected chi connectivity index (χ3v) is 4.88. The van der Waals surface area contributed by atoms with Gasteiger partial charge in [0, 0.05) is 5.56 Å². The SMILES string of the molecule is COC(=O)CN1C(=O)C[C@H](NC(=O)c2ccc(O)c(OC3CCCC3)c2)C1=O. The Balaban J connectivity index is 1.66. The van der Waals surface area contributed by atoms with E-state index in [1.807, 2.05) is 0 Å². The lowest BCUT2D eigenvalue weighted by atomic mass is 10.1. The van der Waals surface area contributed by atoms with Crippen molar-refractivity contribution in [1.82, 2.24) is 10.2 Å². The fourth-order valence-corrected chi connectivity index (χ4v) is 3.33. The van der Waals surface area contributed by atoms with Crippen LogP contribution in [0.4, 0.5) is 0 Å². The molecule has 1 saturated carbocycles. The minimum Gasteiger partial charge on any atom is -0.504 e. The number of aromatic hydroxyl groups is 1. The Labute approximate surface area is 161 Å². The van der Waals surface area contributed by atoms with Crippen LogP contribution >= 0.6 is 0 Å². The molecule has 9 heteroatoms. The number of rotatable bonds is 6. The van der Waals surface area contributed by atoms with Gasteiger partial charge in [-0.2, -0.15) is 0 Å². The Morgan fingerprint density at radius 1 is 1.25 bits per heavy atom. The van der Waals surface area contributed by atoms with E-state index in [2.05, 4.69) is 10.1 Å². The van der Waals surface area contributed by atoms with E-state index in [0.29, 0.717) is 0 Å². The lowest BCUT2D eigenvalue weighted by Crippen LogP contribution is -2.43. The predicted octanol–water partition coefficient (Wildman–Crippen LogP) is 0.744. The second kappa shape index (κ2) is 8.28. The number of hydrogen-bond donors (Lipinski definition) is 2. The first kappa shape index (κ1) is 19.7. The summed E-state index contributed by atoms with van der Waals surface area (Å²) in [6.07, 6.45) is 3.68. The summed E-state index contributed by atoms with van der Waals surface area (Å²) in [6, 6.07) is 3.11. The van der Waals surface area contributed by atoms with Crippen molar-refractivity contribution in [3.8, 4) is 11.5 Å². The van der Waals surface area contributed by atoms with Crippen molar-refractivity contribution < 1.29 is 33.8 Å². The summed E-state index contributed by atoms with van der Waals surface area (Å²) >= 11 is 0.